The molecule has 0 unspecified atom stereocenters. The smallest absolute Gasteiger partial charge is 0.267 e. The normalized spacial score (nSPS) is 11.1. The summed E-state index contributed by atoms with van der Waals surface area (Å²) in [5.41, 5.74) is 0.551. The Morgan fingerprint density at radius 1 is 1.19 bits per heavy atom. The molecule has 2 rings (SSSR count). The van der Waals surface area contributed by atoms with Crippen molar-refractivity contribution in [3.8, 4) is 0 Å². The van der Waals surface area contributed by atoms with E-state index in [9.17, 15) is 8.42 Å². The molecule has 0 bridgehead atoms. The zero-order valence-electron chi connectivity index (χ0n) is 12.0. The molecule has 0 saturated heterocycles. The second-order valence-electron chi connectivity index (χ2n) is 4.45. The minimum absolute atomic E-state index is 0.165. The highest BCUT2D eigenvalue weighted by molar-refractivity contribution is 7.93. The van der Waals surface area contributed by atoms with E-state index >= 15 is 0 Å². The Balaban J connectivity index is 2.40. The summed E-state index contributed by atoms with van der Waals surface area (Å²) in [6.07, 6.45) is 5.57. The predicted octanol–water partition coefficient (Wildman–Crippen LogP) is 2.12. The molecule has 0 fully saturated rings. The molecule has 0 aliphatic carbocycles. The van der Waals surface area contributed by atoms with Crippen LogP contribution >= 0.6 is 0 Å². The Morgan fingerprint density at radius 3 is 2.57 bits per heavy atom. The summed E-state index contributed by atoms with van der Waals surface area (Å²) < 4.78 is 26.7. The van der Waals surface area contributed by atoms with E-state index < -0.39 is 10.0 Å². The quantitative estimate of drug-likeness (QED) is 0.885. The molecule has 0 aliphatic rings. The number of pyridine rings is 2. The lowest BCUT2D eigenvalue weighted by molar-refractivity contribution is 0.594. The maximum atomic E-state index is 12.7. The van der Waals surface area contributed by atoms with Gasteiger partial charge >= 0.3 is 0 Å². The molecule has 0 aliphatic heterocycles. The van der Waals surface area contributed by atoms with Crippen LogP contribution in [0.4, 0.5) is 11.5 Å². The van der Waals surface area contributed by atoms with Crippen molar-refractivity contribution >= 4 is 21.5 Å². The van der Waals surface area contributed by atoms with Crippen LogP contribution in [0.25, 0.3) is 0 Å². The van der Waals surface area contributed by atoms with Crippen molar-refractivity contribution in [1.82, 2.24) is 9.97 Å². The fraction of sp³-hybridized carbons (Fsp3) is 0.286. The molecule has 0 radical (unpaired) electrons. The second kappa shape index (κ2) is 6.53. The SMILES string of the molecule is CCCNc1ncccc1S(=O)(=O)N(C)c1ccncc1. The van der Waals surface area contributed by atoms with Crippen LogP contribution in [0, 0.1) is 0 Å². The van der Waals surface area contributed by atoms with Gasteiger partial charge in [0.25, 0.3) is 10.0 Å². The summed E-state index contributed by atoms with van der Waals surface area (Å²) in [6.45, 7) is 2.67. The molecule has 2 heterocycles. The topological polar surface area (TPSA) is 75.2 Å². The van der Waals surface area contributed by atoms with Crippen LogP contribution in [0.5, 0.6) is 0 Å². The third-order valence-corrected chi connectivity index (χ3v) is 4.80. The standard InChI is InChI=1S/C14H18N4O2S/c1-3-8-16-14-13(5-4-9-17-14)21(19,20)18(2)12-6-10-15-11-7-12/h4-7,9-11H,3,8H2,1-2H3,(H,16,17). The van der Waals surface area contributed by atoms with Crippen LogP contribution in [-0.2, 0) is 10.0 Å². The van der Waals surface area contributed by atoms with Gasteiger partial charge in [-0.25, -0.2) is 13.4 Å². The first kappa shape index (κ1) is 15.2. The molecule has 2 aromatic rings. The number of aromatic nitrogens is 2. The average molecular weight is 306 g/mol. The van der Waals surface area contributed by atoms with Gasteiger partial charge in [0.1, 0.15) is 10.7 Å². The molecule has 6 nitrogen and oxygen atoms in total. The number of hydrogen-bond acceptors (Lipinski definition) is 5. The van der Waals surface area contributed by atoms with Crippen molar-refractivity contribution in [2.75, 3.05) is 23.2 Å². The Bertz CT molecular complexity index is 689. The first-order valence-electron chi connectivity index (χ1n) is 6.65. The zero-order valence-corrected chi connectivity index (χ0v) is 12.8. The third kappa shape index (κ3) is 3.30. The largest absolute Gasteiger partial charge is 0.369 e. The molecule has 0 spiro atoms. The molecular formula is C14H18N4O2S. The molecule has 0 saturated carbocycles. The first-order valence-corrected chi connectivity index (χ1v) is 8.09. The van der Waals surface area contributed by atoms with Crippen molar-refractivity contribution < 1.29 is 8.42 Å². The van der Waals surface area contributed by atoms with Crippen molar-refractivity contribution in [1.29, 1.82) is 0 Å². The van der Waals surface area contributed by atoms with E-state index in [2.05, 4.69) is 15.3 Å². The lowest BCUT2D eigenvalue weighted by atomic mass is 10.4. The van der Waals surface area contributed by atoms with Gasteiger partial charge in [-0.1, -0.05) is 6.92 Å². The van der Waals surface area contributed by atoms with E-state index in [1.54, 1.807) is 42.9 Å². The number of hydrogen-bond donors (Lipinski definition) is 1. The summed E-state index contributed by atoms with van der Waals surface area (Å²) in [7, 11) is -2.16. The average Bonchev–Trinajstić information content (AvgIpc) is 2.53. The van der Waals surface area contributed by atoms with Gasteiger partial charge in [0, 0.05) is 32.2 Å². The highest BCUT2D eigenvalue weighted by atomic mass is 32.2. The van der Waals surface area contributed by atoms with Gasteiger partial charge in [-0.05, 0) is 30.7 Å². The molecule has 0 aromatic carbocycles. The van der Waals surface area contributed by atoms with E-state index in [-0.39, 0.29) is 4.90 Å². The van der Waals surface area contributed by atoms with Gasteiger partial charge in [-0.2, -0.15) is 0 Å². The van der Waals surface area contributed by atoms with E-state index in [1.807, 2.05) is 6.92 Å². The van der Waals surface area contributed by atoms with Crippen LogP contribution in [0.3, 0.4) is 0 Å². The van der Waals surface area contributed by atoms with Crippen LogP contribution in [0.2, 0.25) is 0 Å². The molecule has 21 heavy (non-hydrogen) atoms. The van der Waals surface area contributed by atoms with Crippen molar-refractivity contribution in [3.05, 3.63) is 42.9 Å². The Labute approximate surface area is 124 Å². The van der Waals surface area contributed by atoms with E-state index in [0.29, 0.717) is 18.1 Å². The number of sulfonamides is 1. The Hall–Kier alpha value is -2.15. The molecule has 7 heteroatoms. The summed E-state index contributed by atoms with van der Waals surface area (Å²) in [6, 6.07) is 6.46. The van der Waals surface area contributed by atoms with Gasteiger partial charge in [-0.3, -0.25) is 9.29 Å². The van der Waals surface area contributed by atoms with Gasteiger partial charge < -0.3 is 5.32 Å². The van der Waals surface area contributed by atoms with Gasteiger partial charge in [-0.15, -0.1) is 0 Å². The number of nitrogens with one attached hydrogen (secondary N) is 1. The summed E-state index contributed by atoms with van der Waals surface area (Å²) in [5, 5.41) is 3.05. The zero-order chi connectivity index (χ0) is 15.3. The minimum Gasteiger partial charge on any atom is -0.369 e. The van der Waals surface area contributed by atoms with Crippen LogP contribution in [0.15, 0.2) is 47.8 Å². The van der Waals surface area contributed by atoms with Gasteiger partial charge in [0.15, 0.2) is 0 Å². The summed E-state index contributed by atoms with van der Waals surface area (Å²) in [4.78, 5) is 8.19. The Morgan fingerprint density at radius 2 is 1.90 bits per heavy atom. The molecule has 0 amide bonds. The lowest BCUT2D eigenvalue weighted by Crippen LogP contribution is -2.27. The molecule has 112 valence electrons. The third-order valence-electron chi connectivity index (χ3n) is 2.98. The summed E-state index contributed by atoms with van der Waals surface area (Å²) >= 11 is 0. The minimum atomic E-state index is -3.67. The van der Waals surface area contributed by atoms with Gasteiger partial charge in [0.05, 0.1) is 5.69 Å². The summed E-state index contributed by atoms with van der Waals surface area (Å²) in [5.74, 6) is 0.375. The fourth-order valence-corrected chi connectivity index (χ4v) is 3.13. The Kier molecular flexibility index (Phi) is 4.74. The van der Waals surface area contributed by atoms with Crippen LogP contribution < -0.4 is 9.62 Å². The van der Waals surface area contributed by atoms with E-state index in [4.69, 9.17) is 0 Å². The predicted molar refractivity (Wildman–Crippen MR) is 82.8 cm³/mol. The fourth-order valence-electron chi connectivity index (χ4n) is 1.82. The lowest BCUT2D eigenvalue weighted by Gasteiger charge is -2.20. The number of nitrogens with zero attached hydrogens (tertiary/aromatic N) is 3. The van der Waals surface area contributed by atoms with Gasteiger partial charge in [0.2, 0.25) is 0 Å². The number of anilines is 2. The van der Waals surface area contributed by atoms with E-state index in [0.717, 1.165) is 6.42 Å². The molecule has 1 N–H and O–H groups in total. The van der Waals surface area contributed by atoms with Crippen molar-refractivity contribution in [2.24, 2.45) is 0 Å². The molecule has 2 aromatic heterocycles. The highest BCUT2D eigenvalue weighted by Crippen LogP contribution is 2.25. The van der Waals surface area contributed by atoms with Crippen molar-refractivity contribution in [2.45, 2.75) is 18.2 Å². The van der Waals surface area contributed by atoms with Crippen molar-refractivity contribution in [3.63, 3.8) is 0 Å². The number of rotatable bonds is 6. The van der Waals surface area contributed by atoms with Crippen LogP contribution in [-0.4, -0.2) is 32.0 Å². The maximum absolute atomic E-state index is 12.7. The maximum Gasteiger partial charge on any atom is 0.267 e. The second-order valence-corrected chi connectivity index (χ2v) is 6.39. The van der Waals surface area contributed by atoms with E-state index in [1.165, 1.54) is 11.4 Å². The first-order chi connectivity index (χ1) is 10.1. The van der Waals surface area contributed by atoms with Crippen LogP contribution in [0.1, 0.15) is 13.3 Å². The monoisotopic (exact) mass is 306 g/mol. The highest BCUT2D eigenvalue weighted by Gasteiger charge is 2.24. The molecule has 0 atom stereocenters. The molecular weight excluding hydrogens is 288 g/mol.